The lowest BCUT2D eigenvalue weighted by molar-refractivity contribution is 0.104. The van der Waals surface area contributed by atoms with Gasteiger partial charge < -0.3 is 9.47 Å². The van der Waals surface area contributed by atoms with E-state index in [-0.39, 0.29) is 5.78 Å². The van der Waals surface area contributed by atoms with Gasteiger partial charge in [0.25, 0.3) is 0 Å². The summed E-state index contributed by atoms with van der Waals surface area (Å²) in [6.07, 6.45) is 4.74. The van der Waals surface area contributed by atoms with Gasteiger partial charge in [-0.25, -0.2) is 0 Å². The van der Waals surface area contributed by atoms with E-state index in [1.165, 1.54) is 13.2 Å². The van der Waals surface area contributed by atoms with E-state index in [0.29, 0.717) is 34.3 Å². The predicted molar refractivity (Wildman–Crippen MR) is 85.8 cm³/mol. The van der Waals surface area contributed by atoms with Crippen LogP contribution in [-0.4, -0.2) is 29.8 Å². The van der Waals surface area contributed by atoms with E-state index in [9.17, 15) is 4.79 Å². The Morgan fingerprint density at radius 3 is 2.73 bits per heavy atom. The molecule has 22 heavy (non-hydrogen) atoms. The fourth-order valence-electron chi connectivity index (χ4n) is 1.94. The first kappa shape index (κ1) is 16.1. The highest BCUT2D eigenvalue weighted by Gasteiger charge is 2.12. The molecule has 0 atom stereocenters. The second kappa shape index (κ2) is 7.13. The summed E-state index contributed by atoms with van der Waals surface area (Å²) in [5, 5.41) is 4.76. The van der Waals surface area contributed by atoms with Gasteiger partial charge in [-0.2, -0.15) is 5.10 Å². The van der Waals surface area contributed by atoms with Crippen molar-refractivity contribution in [1.29, 1.82) is 0 Å². The van der Waals surface area contributed by atoms with Crippen molar-refractivity contribution in [2.24, 2.45) is 0 Å². The van der Waals surface area contributed by atoms with E-state index >= 15 is 0 Å². The summed E-state index contributed by atoms with van der Waals surface area (Å²) in [6.45, 7) is 2.67. The Labute approximate surface area is 134 Å². The van der Waals surface area contributed by atoms with E-state index < -0.39 is 0 Å². The van der Waals surface area contributed by atoms with Crippen LogP contribution in [0.25, 0.3) is 6.08 Å². The summed E-state index contributed by atoms with van der Waals surface area (Å²) in [7, 11) is 3.06. The topological polar surface area (TPSA) is 53.4 Å². The van der Waals surface area contributed by atoms with Crippen LogP contribution in [0.3, 0.4) is 0 Å². The second-order valence-electron chi connectivity index (χ2n) is 4.48. The smallest absolute Gasteiger partial charge is 0.189 e. The molecule has 116 valence electrons. The largest absolute Gasteiger partial charge is 0.497 e. The summed E-state index contributed by atoms with van der Waals surface area (Å²) in [5.41, 5.74) is 0.975. The Balaban J connectivity index is 2.28. The number of carbonyl (C=O) groups excluding carboxylic acids is 1. The number of aromatic nitrogens is 2. The van der Waals surface area contributed by atoms with E-state index in [1.807, 2.05) is 6.92 Å². The molecule has 0 radical (unpaired) electrons. The van der Waals surface area contributed by atoms with Crippen molar-refractivity contribution in [2.45, 2.75) is 13.5 Å². The fraction of sp³-hybridized carbons (Fsp3) is 0.250. The van der Waals surface area contributed by atoms with E-state index in [0.717, 1.165) is 0 Å². The third-order valence-corrected chi connectivity index (χ3v) is 3.42. The normalized spacial score (nSPS) is 10.9. The van der Waals surface area contributed by atoms with Crippen LogP contribution in [0.15, 0.2) is 30.5 Å². The number of hydrogen-bond donors (Lipinski definition) is 0. The highest BCUT2D eigenvalue weighted by Crippen LogP contribution is 2.25. The van der Waals surface area contributed by atoms with Gasteiger partial charge in [0.15, 0.2) is 5.78 Å². The van der Waals surface area contributed by atoms with Crippen LogP contribution in [0.1, 0.15) is 23.0 Å². The van der Waals surface area contributed by atoms with Crippen LogP contribution in [-0.2, 0) is 6.54 Å². The first-order chi connectivity index (χ1) is 10.6. The van der Waals surface area contributed by atoms with Gasteiger partial charge in [-0.1, -0.05) is 11.6 Å². The van der Waals surface area contributed by atoms with Gasteiger partial charge in [0.2, 0.25) is 0 Å². The maximum Gasteiger partial charge on any atom is 0.189 e. The standard InChI is InChI=1S/C16H17ClN2O3/c1-4-19-10-13(17)14(18-19)6-7-15(20)12-9-11(21-2)5-8-16(12)22-3/h5-10H,4H2,1-3H3/b7-6+. The molecular formula is C16H17ClN2O3. The summed E-state index contributed by atoms with van der Waals surface area (Å²) in [4.78, 5) is 12.4. The molecule has 0 N–H and O–H groups in total. The van der Waals surface area contributed by atoms with E-state index in [4.69, 9.17) is 21.1 Å². The van der Waals surface area contributed by atoms with Gasteiger partial charge >= 0.3 is 0 Å². The van der Waals surface area contributed by atoms with Crippen molar-refractivity contribution in [3.63, 3.8) is 0 Å². The second-order valence-corrected chi connectivity index (χ2v) is 4.89. The Hall–Kier alpha value is -2.27. The molecule has 0 saturated heterocycles. The molecule has 0 aliphatic carbocycles. The van der Waals surface area contributed by atoms with Gasteiger partial charge in [0, 0.05) is 12.7 Å². The fourth-order valence-corrected chi connectivity index (χ4v) is 2.15. The zero-order valence-electron chi connectivity index (χ0n) is 12.7. The van der Waals surface area contributed by atoms with Gasteiger partial charge in [-0.05, 0) is 37.3 Å². The average molecular weight is 321 g/mol. The van der Waals surface area contributed by atoms with E-state index in [1.54, 1.807) is 42.3 Å². The third-order valence-electron chi connectivity index (χ3n) is 3.13. The number of aryl methyl sites for hydroxylation is 1. The zero-order chi connectivity index (χ0) is 16.1. The number of methoxy groups -OCH3 is 2. The maximum atomic E-state index is 12.4. The van der Waals surface area contributed by atoms with Crippen molar-refractivity contribution < 1.29 is 14.3 Å². The number of hydrogen-bond acceptors (Lipinski definition) is 4. The van der Waals surface area contributed by atoms with Gasteiger partial charge in [-0.3, -0.25) is 9.48 Å². The minimum absolute atomic E-state index is 0.210. The molecular weight excluding hydrogens is 304 g/mol. The quantitative estimate of drug-likeness (QED) is 0.604. The molecule has 5 nitrogen and oxygen atoms in total. The Morgan fingerprint density at radius 2 is 2.14 bits per heavy atom. The lowest BCUT2D eigenvalue weighted by Crippen LogP contribution is -2.00. The maximum absolute atomic E-state index is 12.4. The molecule has 0 bridgehead atoms. The summed E-state index contributed by atoms with van der Waals surface area (Å²) in [5.74, 6) is 0.865. The molecule has 0 amide bonds. The first-order valence-electron chi connectivity index (χ1n) is 6.76. The number of benzene rings is 1. The Bertz CT molecular complexity index is 707. The molecule has 1 aromatic carbocycles. The molecule has 2 rings (SSSR count). The number of halogens is 1. The molecule has 1 aromatic heterocycles. The van der Waals surface area contributed by atoms with Gasteiger partial charge in [0.1, 0.15) is 17.2 Å². The molecule has 0 aliphatic heterocycles. The minimum Gasteiger partial charge on any atom is -0.497 e. The van der Waals surface area contributed by atoms with Crippen LogP contribution in [0, 0.1) is 0 Å². The van der Waals surface area contributed by atoms with Crippen LogP contribution < -0.4 is 9.47 Å². The zero-order valence-corrected chi connectivity index (χ0v) is 13.4. The van der Waals surface area contributed by atoms with Gasteiger partial charge in [0.05, 0.1) is 24.8 Å². The number of rotatable bonds is 6. The number of ether oxygens (including phenoxy) is 2. The lowest BCUT2D eigenvalue weighted by Gasteiger charge is -2.07. The summed E-state index contributed by atoms with van der Waals surface area (Å²) < 4.78 is 12.0. The SMILES string of the molecule is CCn1cc(Cl)c(/C=C/C(=O)c2cc(OC)ccc2OC)n1. The van der Waals surface area contributed by atoms with Crippen molar-refractivity contribution >= 4 is 23.5 Å². The number of carbonyl (C=O) groups is 1. The first-order valence-corrected chi connectivity index (χ1v) is 7.14. The molecule has 0 aliphatic rings. The monoisotopic (exact) mass is 320 g/mol. The molecule has 2 aromatic rings. The highest BCUT2D eigenvalue weighted by molar-refractivity contribution is 6.31. The Morgan fingerprint density at radius 1 is 1.36 bits per heavy atom. The van der Waals surface area contributed by atoms with Crippen LogP contribution in [0.2, 0.25) is 5.02 Å². The van der Waals surface area contributed by atoms with E-state index in [2.05, 4.69) is 5.10 Å². The molecule has 0 saturated carbocycles. The van der Waals surface area contributed by atoms with Crippen LogP contribution in [0.4, 0.5) is 0 Å². The number of nitrogens with zero attached hydrogens (tertiary/aromatic N) is 2. The molecule has 6 heteroatoms. The summed E-state index contributed by atoms with van der Waals surface area (Å²) in [6, 6.07) is 5.07. The minimum atomic E-state index is -0.210. The molecule has 0 fully saturated rings. The number of allylic oxidation sites excluding steroid dienone is 1. The van der Waals surface area contributed by atoms with Crippen molar-refractivity contribution in [3.8, 4) is 11.5 Å². The van der Waals surface area contributed by atoms with Crippen LogP contribution >= 0.6 is 11.6 Å². The highest BCUT2D eigenvalue weighted by atomic mass is 35.5. The van der Waals surface area contributed by atoms with Crippen molar-refractivity contribution in [3.05, 3.63) is 46.8 Å². The van der Waals surface area contributed by atoms with Crippen molar-refractivity contribution in [2.75, 3.05) is 14.2 Å². The van der Waals surface area contributed by atoms with Gasteiger partial charge in [-0.15, -0.1) is 0 Å². The molecule has 1 heterocycles. The van der Waals surface area contributed by atoms with Crippen molar-refractivity contribution in [1.82, 2.24) is 9.78 Å². The molecule has 0 spiro atoms. The van der Waals surface area contributed by atoms with Crippen LogP contribution in [0.5, 0.6) is 11.5 Å². The molecule has 0 unspecified atom stereocenters. The third kappa shape index (κ3) is 3.49. The Kier molecular flexibility index (Phi) is 5.22. The summed E-state index contributed by atoms with van der Waals surface area (Å²) >= 11 is 6.07. The lowest BCUT2D eigenvalue weighted by atomic mass is 10.1. The predicted octanol–water partition coefficient (Wildman–Crippen LogP) is 3.47. The number of ketones is 1. The average Bonchev–Trinajstić information content (AvgIpc) is 2.92.